The zero-order valence-electron chi connectivity index (χ0n) is 14.1. The lowest BCUT2D eigenvalue weighted by atomic mass is 10.1. The van der Waals surface area contributed by atoms with Crippen LogP contribution >= 0.6 is 11.3 Å². The normalized spacial score (nSPS) is 14.6. The van der Waals surface area contributed by atoms with Crippen LogP contribution in [-0.2, 0) is 19.5 Å². The van der Waals surface area contributed by atoms with Crippen LogP contribution in [0.3, 0.4) is 0 Å². The summed E-state index contributed by atoms with van der Waals surface area (Å²) in [5, 5.41) is 1.28. The van der Waals surface area contributed by atoms with E-state index < -0.39 is 0 Å². The molecule has 4 aromatic rings. The lowest BCUT2D eigenvalue weighted by molar-refractivity contribution is 0.244. The summed E-state index contributed by atoms with van der Waals surface area (Å²) < 4.78 is 6.66. The first-order valence-electron chi connectivity index (χ1n) is 8.62. The molecule has 0 aliphatic carbocycles. The number of aromatic amines is 1. The van der Waals surface area contributed by atoms with Crippen molar-refractivity contribution in [1.82, 2.24) is 14.9 Å². The van der Waals surface area contributed by atoms with E-state index in [0.29, 0.717) is 18.1 Å². The van der Waals surface area contributed by atoms with Crippen molar-refractivity contribution in [1.29, 1.82) is 0 Å². The predicted molar refractivity (Wildman–Crippen MR) is 102 cm³/mol. The number of furan rings is 1. The van der Waals surface area contributed by atoms with Gasteiger partial charge in [0, 0.05) is 35.6 Å². The fourth-order valence-electron chi connectivity index (χ4n) is 3.48. The number of hydrogen-bond donors (Lipinski definition) is 1. The van der Waals surface area contributed by atoms with Gasteiger partial charge in [0.1, 0.15) is 0 Å². The van der Waals surface area contributed by atoms with Crippen molar-refractivity contribution >= 4 is 21.4 Å². The Morgan fingerprint density at radius 2 is 2.15 bits per heavy atom. The first kappa shape index (κ1) is 15.5. The largest absolute Gasteiger partial charge is 0.461 e. The van der Waals surface area contributed by atoms with Gasteiger partial charge >= 0.3 is 0 Å². The summed E-state index contributed by atoms with van der Waals surface area (Å²) in [5.41, 5.74) is 1.59. The molecular formula is C20H17N3O2S. The Balaban J connectivity index is 1.40. The maximum Gasteiger partial charge on any atom is 0.256 e. The number of H-pyrrole nitrogens is 1. The molecule has 4 heterocycles. The molecule has 1 aliphatic heterocycles. The first-order chi connectivity index (χ1) is 12.8. The molecule has 0 bridgehead atoms. The molecule has 0 fully saturated rings. The summed E-state index contributed by atoms with van der Waals surface area (Å²) in [6.45, 7) is 2.39. The van der Waals surface area contributed by atoms with Gasteiger partial charge in [0.15, 0.2) is 11.6 Å². The van der Waals surface area contributed by atoms with Gasteiger partial charge in [0.25, 0.3) is 5.56 Å². The molecular weight excluding hydrogens is 346 g/mol. The topological polar surface area (TPSA) is 62.1 Å². The molecule has 0 unspecified atom stereocenters. The van der Waals surface area contributed by atoms with E-state index in [1.165, 1.54) is 15.0 Å². The van der Waals surface area contributed by atoms with Crippen molar-refractivity contribution in [2.75, 3.05) is 6.54 Å². The molecule has 3 aromatic heterocycles. The van der Waals surface area contributed by atoms with Crippen molar-refractivity contribution in [3.8, 4) is 11.6 Å². The average molecular weight is 363 g/mol. The van der Waals surface area contributed by atoms with E-state index in [9.17, 15) is 4.79 Å². The smallest absolute Gasteiger partial charge is 0.256 e. The SMILES string of the molecule is O=c1[nH]c(-c2ccco2)nc2c1CN(Cc1cc3ccccc3s1)CC2. The fraction of sp³-hybridized carbons (Fsp3) is 0.200. The minimum Gasteiger partial charge on any atom is -0.461 e. The highest BCUT2D eigenvalue weighted by Crippen LogP contribution is 2.27. The molecule has 0 radical (unpaired) electrons. The van der Waals surface area contributed by atoms with E-state index in [1.807, 2.05) is 11.3 Å². The van der Waals surface area contributed by atoms with Crippen molar-refractivity contribution in [3.05, 3.63) is 75.2 Å². The monoisotopic (exact) mass is 363 g/mol. The number of nitrogens with zero attached hydrogens (tertiary/aromatic N) is 2. The van der Waals surface area contributed by atoms with Crippen LogP contribution in [0.5, 0.6) is 0 Å². The van der Waals surface area contributed by atoms with Crippen LogP contribution < -0.4 is 5.56 Å². The minimum absolute atomic E-state index is 0.0672. The number of nitrogens with one attached hydrogen (secondary N) is 1. The third-order valence-electron chi connectivity index (χ3n) is 4.76. The van der Waals surface area contributed by atoms with Crippen molar-refractivity contribution in [3.63, 3.8) is 0 Å². The summed E-state index contributed by atoms with van der Waals surface area (Å²) in [4.78, 5) is 23.7. The molecule has 5 nitrogen and oxygen atoms in total. The standard InChI is InChI=1S/C20H17N3O2S/c24-20-15-12-23(11-14-10-13-4-1-2-6-18(13)26-14)8-7-16(15)21-19(22-20)17-5-3-9-25-17/h1-6,9-10H,7-8,11-12H2,(H,21,22,24). The quantitative estimate of drug-likeness (QED) is 0.601. The Hall–Kier alpha value is -2.70. The highest BCUT2D eigenvalue weighted by molar-refractivity contribution is 7.19. The molecule has 1 aliphatic rings. The molecule has 1 N–H and O–H groups in total. The second-order valence-corrected chi connectivity index (χ2v) is 7.70. The lowest BCUT2D eigenvalue weighted by Crippen LogP contribution is -2.35. The highest BCUT2D eigenvalue weighted by Gasteiger charge is 2.22. The molecule has 0 amide bonds. The van der Waals surface area contributed by atoms with Crippen LogP contribution in [0.4, 0.5) is 0 Å². The number of fused-ring (bicyclic) bond motifs is 2. The van der Waals surface area contributed by atoms with Gasteiger partial charge in [-0.05, 0) is 29.7 Å². The highest BCUT2D eigenvalue weighted by atomic mass is 32.1. The zero-order valence-corrected chi connectivity index (χ0v) is 14.9. The first-order valence-corrected chi connectivity index (χ1v) is 9.44. The Kier molecular flexibility index (Phi) is 3.72. The van der Waals surface area contributed by atoms with Gasteiger partial charge in [0.05, 0.1) is 17.5 Å². The van der Waals surface area contributed by atoms with Crippen LogP contribution in [0.25, 0.3) is 21.7 Å². The van der Waals surface area contributed by atoms with Gasteiger partial charge in [-0.1, -0.05) is 18.2 Å². The van der Waals surface area contributed by atoms with Gasteiger partial charge in [-0.2, -0.15) is 0 Å². The third kappa shape index (κ3) is 2.77. The number of hydrogen-bond acceptors (Lipinski definition) is 5. The molecule has 0 spiro atoms. The lowest BCUT2D eigenvalue weighted by Gasteiger charge is -2.27. The number of benzene rings is 1. The summed E-state index contributed by atoms with van der Waals surface area (Å²) in [5.74, 6) is 1.11. The van der Waals surface area contributed by atoms with E-state index in [-0.39, 0.29) is 5.56 Å². The fourth-order valence-corrected chi connectivity index (χ4v) is 4.59. The molecule has 26 heavy (non-hydrogen) atoms. The third-order valence-corrected chi connectivity index (χ3v) is 5.86. The molecule has 0 saturated heterocycles. The molecule has 5 rings (SSSR count). The number of rotatable bonds is 3. The minimum atomic E-state index is -0.0672. The van der Waals surface area contributed by atoms with Crippen LogP contribution in [-0.4, -0.2) is 21.4 Å². The van der Waals surface area contributed by atoms with Gasteiger partial charge in [-0.15, -0.1) is 11.3 Å². The number of thiophene rings is 1. The summed E-state index contributed by atoms with van der Waals surface area (Å²) in [7, 11) is 0. The molecule has 6 heteroatoms. The Bertz CT molecular complexity index is 1090. The maximum absolute atomic E-state index is 12.6. The molecule has 0 saturated carbocycles. The Morgan fingerprint density at radius 1 is 1.23 bits per heavy atom. The van der Waals surface area contributed by atoms with Crippen LogP contribution in [0.15, 0.2) is 57.9 Å². The van der Waals surface area contributed by atoms with E-state index in [4.69, 9.17) is 4.42 Å². The van der Waals surface area contributed by atoms with E-state index >= 15 is 0 Å². The summed E-state index contributed by atoms with van der Waals surface area (Å²) >= 11 is 1.82. The Morgan fingerprint density at radius 3 is 3.00 bits per heavy atom. The summed E-state index contributed by atoms with van der Waals surface area (Å²) in [6.07, 6.45) is 2.36. The van der Waals surface area contributed by atoms with Crippen molar-refractivity contribution in [2.24, 2.45) is 0 Å². The van der Waals surface area contributed by atoms with Crippen LogP contribution in [0, 0.1) is 0 Å². The molecule has 130 valence electrons. The van der Waals surface area contributed by atoms with Gasteiger partial charge < -0.3 is 9.40 Å². The van der Waals surface area contributed by atoms with Crippen molar-refractivity contribution < 1.29 is 4.42 Å². The molecule has 0 atom stereocenters. The van der Waals surface area contributed by atoms with Crippen LogP contribution in [0.1, 0.15) is 16.1 Å². The zero-order chi connectivity index (χ0) is 17.5. The predicted octanol–water partition coefficient (Wildman–Crippen LogP) is 3.80. The average Bonchev–Trinajstić information content (AvgIpc) is 3.31. The second kappa shape index (κ2) is 6.23. The van der Waals surface area contributed by atoms with E-state index in [1.54, 1.807) is 18.4 Å². The Labute approximate surface area is 153 Å². The van der Waals surface area contributed by atoms with E-state index in [0.717, 1.165) is 30.8 Å². The number of aromatic nitrogens is 2. The van der Waals surface area contributed by atoms with E-state index in [2.05, 4.69) is 45.2 Å². The second-order valence-electron chi connectivity index (χ2n) is 6.53. The summed E-state index contributed by atoms with van der Waals surface area (Å²) in [6, 6.07) is 14.3. The van der Waals surface area contributed by atoms with Gasteiger partial charge in [-0.3, -0.25) is 9.69 Å². The van der Waals surface area contributed by atoms with Crippen LogP contribution in [0.2, 0.25) is 0 Å². The van der Waals surface area contributed by atoms with Gasteiger partial charge in [0.2, 0.25) is 0 Å². The molecule has 1 aromatic carbocycles. The van der Waals surface area contributed by atoms with Gasteiger partial charge in [-0.25, -0.2) is 4.98 Å². The van der Waals surface area contributed by atoms with Crippen molar-refractivity contribution in [2.45, 2.75) is 19.5 Å². The maximum atomic E-state index is 12.6.